The van der Waals surface area contributed by atoms with Gasteiger partial charge >= 0.3 is 0 Å². The van der Waals surface area contributed by atoms with E-state index in [4.69, 9.17) is 0 Å². The molecule has 1 heterocycles. The van der Waals surface area contributed by atoms with Gasteiger partial charge in [-0.3, -0.25) is 4.99 Å². The number of nitrogens with zero attached hydrogens (tertiary/aromatic N) is 1. The van der Waals surface area contributed by atoms with Crippen LogP contribution in [0.1, 0.15) is 35.1 Å². The average molecular weight is 391 g/mol. The third-order valence-electron chi connectivity index (χ3n) is 6.06. The Balaban J connectivity index is 0.000000149. The molecule has 3 aromatic rings. The van der Waals surface area contributed by atoms with Crippen molar-refractivity contribution in [3.63, 3.8) is 0 Å². The highest BCUT2D eigenvalue weighted by Crippen LogP contribution is 2.18. The van der Waals surface area contributed by atoms with E-state index in [2.05, 4.69) is 59.7 Å². The van der Waals surface area contributed by atoms with Crippen LogP contribution in [0.4, 0.5) is 5.69 Å². The van der Waals surface area contributed by atoms with E-state index < -0.39 is 0 Å². The van der Waals surface area contributed by atoms with Gasteiger partial charge in [-0.05, 0) is 70.7 Å². The second-order valence-corrected chi connectivity index (χ2v) is 8.08. The molecule has 1 N–H and O–H groups in total. The van der Waals surface area contributed by atoms with Crippen LogP contribution < -0.4 is 15.8 Å². The van der Waals surface area contributed by atoms with Crippen molar-refractivity contribution in [2.75, 3.05) is 5.32 Å². The summed E-state index contributed by atoms with van der Waals surface area (Å²) in [7, 11) is 0. The summed E-state index contributed by atoms with van der Waals surface area (Å²) in [5, 5.41) is 8.89. The van der Waals surface area contributed by atoms with Crippen LogP contribution in [0, 0.1) is 17.4 Å². The minimum atomic E-state index is 1.10. The third kappa shape index (κ3) is 3.61. The van der Waals surface area contributed by atoms with Gasteiger partial charge in [-0.15, -0.1) is 0 Å². The molecule has 1 aliphatic heterocycles. The molecule has 0 spiro atoms. The van der Waals surface area contributed by atoms with Gasteiger partial charge in [0.25, 0.3) is 0 Å². The lowest BCUT2D eigenvalue weighted by molar-refractivity contribution is 0.824. The summed E-state index contributed by atoms with van der Waals surface area (Å²) in [6, 6.07) is 19.5. The van der Waals surface area contributed by atoms with Gasteiger partial charge in [-0.1, -0.05) is 66.2 Å². The van der Waals surface area contributed by atoms with Crippen molar-refractivity contribution in [3.05, 3.63) is 110 Å². The fourth-order valence-corrected chi connectivity index (χ4v) is 4.55. The molecule has 30 heavy (non-hydrogen) atoms. The average Bonchev–Trinajstić information content (AvgIpc) is 3.05. The maximum absolute atomic E-state index is 4.04. The number of rotatable bonds is 0. The fourth-order valence-electron chi connectivity index (χ4n) is 4.55. The zero-order chi connectivity index (χ0) is 20.3. The van der Waals surface area contributed by atoms with Gasteiger partial charge in [0.2, 0.25) is 0 Å². The van der Waals surface area contributed by atoms with Crippen LogP contribution in [-0.4, -0.2) is 6.21 Å². The van der Waals surface area contributed by atoms with Crippen LogP contribution in [0.5, 0.6) is 0 Å². The summed E-state index contributed by atoms with van der Waals surface area (Å²) in [5.41, 5.74) is 6.76. The summed E-state index contributed by atoms with van der Waals surface area (Å²) in [6.45, 7) is 2.18. The van der Waals surface area contributed by atoms with E-state index >= 15 is 0 Å². The minimum Gasteiger partial charge on any atom is -0.360 e. The lowest BCUT2D eigenvalue weighted by Gasteiger charge is -2.16. The van der Waals surface area contributed by atoms with E-state index in [-0.39, 0.29) is 0 Å². The number of para-hydroxylation sites is 1. The molecule has 148 valence electrons. The lowest BCUT2D eigenvalue weighted by atomic mass is 9.89. The summed E-state index contributed by atoms with van der Waals surface area (Å²) in [6.07, 6.45) is 15.1. The largest absolute Gasteiger partial charge is 0.360 e. The molecule has 0 bridgehead atoms. The lowest BCUT2D eigenvalue weighted by Crippen LogP contribution is -2.19. The summed E-state index contributed by atoms with van der Waals surface area (Å²) >= 11 is 0. The maximum atomic E-state index is 4.04. The normalized spacial score (nSPS) is 14.8. The summed E-state index contributed by atoms with van der Waals surface area (Å²) in [4.78, 5) is 4.04. The zero-order valence-corrected chi connectivity index (χ0v) is 17.4. The molecular formula is C28H26N2. The highest BCUT2D eigenvalue weighted by atomic mass is 14.9. The van der Waals surface area contributed by atoms with Crippen LogP contribution in [0.15, 0.2) is 72.0 Å². The van der Waals surface area contributed by atoms with Gasteiger partial charge in [0.05, 0.1) is 0 Å². The van der Waals surface area contributed by atoms with Gasteiger partial charge in [0.15, 0.2) is 0 Å². The SMILES string of the molecule is C1=CNc2ccccc2C=N1.Cc1ccc2c(c1)=c1ccc3c(c1CC=2)CCCC=3. The smallest absolute Gasteiger partial charge is 0.0469 e. The molecule has 0 fully saturated rings. The van der Waals surface area contributed by atoms with Crippen LogP contribution in [0.3, 0.4) is 0 Å². The number of fused-ring (bicyclic) bond motifs is 5. The first-order valence-electron chi connectivity index (χ1n) is 10.8. The zero-order valence-electron chi connectivity index (χ0n) is 17.4. The predicted molar refractivity (Wildman–Crippen MR) is 127 cm³/mol. The Morgan fingerprint density at radius 1 is 0.867 bits per heavy atom. The number of aliphatic imine (C=N–C) groups is 1. The van der Waals surface area contributed by atoms with Gasteiger partial charge < -0.3 is 5.32 Å². The number of benzene rings is 3. The van der Waals surface area contributed by atoms with Gasteiger partial charge in [0.1, 0.15) is 0 Å². The van der Waals surface area contributed by atoms with Crippen molar-refractivity contribution >= 4 is 24.1 Å². The molecule has 0 unspecified atom stereocenters. The molecule has 0 saturated heterocycles. The van der Waals surface area contributed by atoms with E-state index in [1.165, 1.54) is 45.7 Å². The van der Waals surface area contributed by atoms with Gasteiger partial charge in [0, 0.05) is 29.9 Å². The molecular weight excluding hydrogens is 364 g/mol. The van der Waals surface area contributed by atoms with Crippen LogP contribution in [0.25, 0.3) is 12.2 Å². The van der Waals surface area contributed by atoms with E-state index in [1.54, 1.807) is 17.3 Å². The van der Waals surface area contributed by atoms with Crippen molar-refractivity contribution in [2.24, 2.45) is 4.99 Å². The first-order valence-corrected chi connectivity index (χ1v) is 10.8. The fraction of sp³-hybridized carbons (Fsp3) is 0.179. The number of hydrogen-bond acceptors (Lipinski definition) is 2. The standard InChI is InChI=1S/C19H18.C9H8N2/c1-13-6-7-15-9-10-17-16-5-3-2-4-14(16)8-11-18(17)19(15)12-13;1-2-4-9-8(3-1)7-10-5-6-11-9/h4,6-9,11-12H,2-3,5,10H2,1H3;1-7,11H. The Morgan fingerprint density at radius 3 is 2.73 bits per heavy atom. The first kappa shape index (κ1) is 18.6. The minimum absolute atomic E-state index is 1.10. The van der Waals surface area contributed by atoms with Crippen molar-refractivity contribution in [2.45, 2.75) is 32.6 Å². The van der Waals surface area contributed by atoms with Gasteiger partial charge in [-0.25, -0.2) is 0 Å². The summed E-state index contributed by atoms with van der Waals surface area (Å²) < 4.78 is 0. The summed E-state index contributed by atoms with van der Waals surface area (Å²) in [5.74, 6) is 0. The molecule has 2 aliphatic carbocycles. The Bertz CT molecular complexity index is 1380. The van der Waals surface area contributed by atoms with Crippen molar-refractivity contribution in [3.8, 4) is 0 Å². The molecule has 0 saturated carbocycles. The third-order valence-corrected chi connectivity index (χ3v) is 6.06. The monoisotopic (exact) mass is 390 g/mol. The second-order valence-electron chi connectivity index (χ2n) is 8.08. The Kier molecular flexibility index (Phi) is 5.06. The van der Waals surface area contributed by atoms with Gasteiger partial charge in [-0.2, -0.15) is 0 Å². The van der Waals surface area contributed by atoms with E-state index in [1.807, 2.05) is 36.7 Å². The quantitative estimate of drug-likeness (QED) is 0.589. The number of hydrogen-bond donors (Lipinski definition) is 1. The predicted octanol–water partition coefficient (Wildman–Crippen LogP) is 4.74. The highest BCUT2D eigenvalue weighted by molar-refractivity contribution is 5.88. The topological polar surface area (TPSA) is 24.4 Å². The molecule has 6 rings (SSSR count). The molecule has 2 heteroatoms. The number of aryl methyl sites for hydroxylation is 1. The van der Waals surface area contributed by atoms with Crippen LogP contribution >= 0.6 is 0 Å². The molecule has 3 aromatic carbocycles. The molecule has 0 radical (unpaired) electrons. The number of anilines is 1. The molecule has 0 atom stereocenters. The van der Waals surface area contributed by atoms with Crippen LogP contribution in [-0.2, 0) is 12.8 Å². The van der Waals surface area contributed by atoms with Crippen molar-refractivity contribution in [1.82, 2.24) is 0 Å². The van der Waals surface area contributed by atoms with E-state index in [0.717, 1.165) is 17.7 Å². The maximum Gasteiger partial charge on any atom is 0.0469 e. The van der Waals surface area contributed by atoms with E-state index in [9.17, 15) is 0 Å². The Morgan fingerprint density at radius 2 is 1.77 bits per heavy atom. The molecule has 0 amide bonds. The second kappa shape index (κ2) is 8.16. The van der Waals surface area contributed by atoms with Crippen molar-refractivity contribution in [1.29, 1.82) is 0 Å². The molecule has 3 aliphatic rings. The van der Waals surface area contributed by atoms with E-state index in [0.29, 0.717) is 0 Å². The number of nitrogens with one attached hydrogen (secondary N) is 1. The molecule has 2 nitrogen and oxygen atoms in total. The first-order chi connectivity index (χ1) is 14.8. The highest BCUT2D eigenvalue weighted by Gasteiger charge is 2.11. The Hall–Kier alpha value is -3.39. The Labute approximate surface area is 177 Å². The van der Waals surface area contributed by atoms with Crippen molar-refractivity contribution < 1.29 is 0 Å². The molecule has 0 aromatic heterocycles. The van der Waals surface area contributed by atoms with Crippen LogP contribution in [0.2, 0.25) is 0 Å².